The average molecular weight is 421 g/mol. The van der Waals surface area contributed by atoms with E-state index in [0.717, 1.165) is 5.56 Å². The quantitative estimate of drug-likeness (QED) is 0.741. The Labute approximate surface area is 180 Å². The summed E-state index contributed by atoms with van der Waals surface area (Å²) in [5.41, 5.74) is 4.10. The van der Waals surface area contributed by atoms with Gasteiger partial charge in [-0.05, 0) is 13.0 Å². The lowest BCUT2D eigenvalue weighted by Crippen LogP contribution is -2.29. The van der Waals surface area contributed by atoms with Crippen LogP contribution in [-0.4, -0.2) is 40.2 Å². The lowest BCUT2D eigenvalue weighted by atomic mass is 9.79. The molecule has 1 atom stereocenters. The van der Waals surface area contributed by atoms with Gasteiger partial charge in [-0.25, -0.2) is 4.79 Å². The number of Topliss-reactive ketones (excluding diaryl/α,β-unsaturated/α-hetero) is 1. The minimum atomic E-state index is -0.710. The van der Waals surface area contributed by atoms with Gasteiger partial charge in [0.2, 0.25) is 5.75 Å². The van der Waals surface area contributed by atoms with Crippen molar-refractivity contribution >= 4 is 17.4 Å². The van der Waals surface area contributed by atoms with E-state index in [9.17, 15) is 9.59 Å². The monoisotopic (exact) mass is 421 g/mol. The van der Waals surface area contributed by atoms with E-state index in [1.165, 1.54) is 28.4 Å². The molecule has 0 fully saturated rings. The van der Waals surface area contributed by atoms with Gasteiger partial charge in [-0.2, -0.15) is 0 Å². The molecule has 1 N–H and O–H groups in total. The number of esters is 1. The molecule has 1 heterocycles. The van der Waals surface area contributed by atoms with Crippen LogP contribution in [0.1, 0.15) is 34.3 Å². The Morgan fingerprint density at radius 3 is 2.19 bits per heavy atom. The van der Waals surface area contributed by atoms with Gasteiger partial charge < -0.3 is 24.3 Å². The van der Waals surface area contributed by atoms with Gasteiger partial charge in [-0.3, -0.25) is 4.79 Å². The van der Waals surface area contributed by atoms with E-state index < -0.39 is 11.9 Å². The number of hydrogen-bond acceptors (Lipinski definition) is 7. The minimum Gasteiger partial charge on any atom is -0.493 e. The second-order valence-corrected chi connectivity index (χ2v) is 7.18. The first-order chi connectivity index (χ1) is 15.0. The molecule has 0 unspecified atom stereocenters. The fourth-order valence-electron chi connectivity index (χ4n) is 4.37. The third-order valence-corrected chi connectivity index (χ3v) is 5.70. The molecule has 2 aromatic carbocycles. The highest BCUT2D eigenvalue weighted by Crippen LogP contribution is 2.52. The highest BCUT2D eigenvalue weighted by atomic mass is 16.5. The van der Waals surface area contributed by atoms with Crippen LogP contribution in [0.15, 0.2) is 53.2 Å². The second kappa shape index (κ2) is 7.83. The molecular weight excluding hydrogens is 398 g/mol. The first-order valence-corrected chi connectivity index (χ1v) is 9.71. The summed E-state index contributed by atoms with van der Waals surface area (Å²) < 4.78 is 21.7. The van der Waals surface area contributed by atoms with Crippen LogP contribution in [-0.2, 0) is 9.53 Å². The summed E-state index contributed by atoms with van der Waals surface area (Å²) in [6.45, 7) is 1.79. The number of benzene rings is 2. The first kappa shape index (κ1) is 20.5. The van der Waals surface area contributed by atoms with Gasteiger partial charge in [0.05, 0.1) is 45.6 Å². The van der Waals surface area contributed by atoms with Crippen molar-refractivity contribution in [2.24, 2.45) is 0 Å². The number of carbonyl (C=O) groups is 2. The lowest BCUT2D eigenvalue weighted by Gasteiger charge is -2.30. The molecule has 1 aliphatic heterocycles. The Kier molecular flexibility index (Phi) is 5.19. The molecule has 0 spiro atoms. The lowest BCUT2D eigenvalue weighted by molar-refractivity contribution is -0.136. The number of carbonyl (C=O) groups excluding carboxylic acids is 2. The highest BCUT2D eigenvalue weighted by Gasteiger charge is 2.44. The normalized spacial score (nSPS) is 17.1. The molecule has 0 aromatic heterocycles. The van der Waals surface area contributed by atoms with Crippen molar-refractivity contribution in [1.82, 2.24) is 5.32 Å². The summed E-state index contributed by atoms with van der Waals surface area (Å²) in [7, 11) is 5.87. The number of ketones is 1. The number of allylic oxidation sites excluding steroid dienone is 2. The fraction of sp³-hybridized carbons (Fsp3) is 0.250. The molecule has 0 amide bonds. The van der Waals surface area contributed by atoms with Crippen LogP contribution in [0.4, 0.5) is 0 Å². The van der Waals surface area contributed by atoms with Gasteiger partial charge >= 0.3 is 5.97 Å². The summed E-state index contributed by atoms with van der Waals surface area (Å²) in [5.74, 6) is -0.131. The van der Waals surface area contributed by atoms with E-state index in [2.05, 4.69) is 5.32 Å². The zero-order valence-corrected chi connectivity index (χ0v) is 18.0. The second-order valence-electron chi connectivity index (χ2n) is 7.18. The van der Waals surface area contributed by atoms with E-state index in [0.29, 0.717) is 50.9 Å². The van der Waals surface area contributed by atoms with E-state index >= 15 is 0 Å². The predicted octanol–water partition coefficient (Wildman–Crippen LogP) is 3.45. The predicted molar refractivity (Wildman–Crippen MR) is 114 cm³/mol. The number of hydrogen-bond donors (Lipinski definition) is 1. The fourth-order valence-corrected chi connectivity index (χ4v) is 4.37. The summed E-state index contributed by atoms with van der Waals surface area (Å²) in [4.78, 5) is 26.3. The Morgan fingerprint density at radius 2 is 1.58 bits per heavy atom. The molecule has 0 saturated carbocycles. The molecule has 0 radical (unpaired) electrons. The van der Waals surface area contributed by atoms with Crippen LogP contribution >= 0.6 is 0 Å². The third-order valence-electron chi connectivity index (χ3n) is 5.70. The molecule has 0 bridgehead atoms. The smallest absolute Gasteiger partial charge is 0.336 e. The Morgan fingerprint density at radius 1 is 0.903 bits per heavy atom. The number of nitrogens with one attached hydrogen (secondary N) is 1. The van der Waals surface area contributed by atoms with Crippen molar-refractivity contribution < 1.29 is 28.5 Å². The number of rotatable bonds is 5. The van der Waals surface area contributed by atoms with Gasteiger partial charge in [0.15, 0.2) is 17.3 Å². The largest absolute Gasteiger partial charge is 0.493 e. The minimum absolute atomic E-state index is 0.145. The third kappa shape index (κ3) is 2.96. The summed E-state index contributed by atoms with van der Waals surface area (Å²) >= 11 is 0. The summed E-state index contributed by atoms with van der Waals surface area (Å²) in [5, 5.41) is 3.26. The van der Waals surface area contributed by atoms with Gasteiger partial charge in [-0.1, -0.05) is 30.3 Å². The average Bonchev–Trinajstić information content (AvgIpc) is 3.08. The Hall–Kier alpha value is -3.74. The van der Waals surface area contributed by atoms with E-state index in [1.54, 1.807) is 25.1 Å². The maximum Gasteiger partial charge on any atom is 0.336 e. The van der Waals surface area contributed by atoms with E-state index in [-0.39, 0.29) is 5.78 Å². The zero-order valence-electron chi connectivity index (χ0n) is 18.0. The molecule has 7 nitrogen and oxygen atoms in total. The Bertz CT molecular complexity index is 1160. The van der Waals surface area contributed by atoms with Crippen molar-refractivity contribution in [2.75, 3.05) is 28.4 Å². The molecule has 1 aliphatic carbocycles. The molecule has 7 heteroatoms. The van der Waals surface area contributed by atoms with Crippen LogP contribution < -0.4 is 19.5 Å². The summed E-state index contributed by atoms with van der Waals surface area (Å²) in [6, 6.07) is 10.9. The van der Waals surface area contributed by atoms with Crippen LogP contribution in [0.2, 0.25) is 0 Å². The number of methoxy groups -OCH3 is 4. The van der Waals surface area contributed by atoms with Crippen LogP contribution in [0.3, 0.4) is 0 Å². The van der Waals surface area contributed by atoms with Crippen molar-refractivity contribution in [1.29, 1.82) is 0 Å². The van der Waals surface area contributed by atoms with Gasteiger partial charge in [0, 0.05) is 28.0 Å². The maximum atomic E-state index is 13.5. The van der Waals surface area contributed by atoms with Crippen LogP contribution in [0.5, 0.6) is 17.2 Å². The van der Waals surface area contributed by atoms with Gasteiger partial charge in [0.25, 0.3) is 0 Å². The van der Waals surface area contributed by atoms with Crippen molar-refractivity contribution in [3.8, 4) is 17.2 Å². The summed E-state index contributed by atoms with van der Waals surface area (Å²) in [6.07, 6.45) is 0. The van der Waals surface area contributed by atoms with Crippen LogP contribution in [0, 0.1) is 0 Å². The zero-order chi connectivity index (χ0) is 22.3. The SMILES string of the molecule is COC(=O)C1=C(C)NC2=C(C(=O)c3ccccc32)[C@H]1c1ccc(OC)c(OC)c1OC. The Balaban J connectivity index is 2.02. The first-order valence-electron chi connectivity index (χ1n) is 9.71. The van der Waals surface area contributed by atoms with Crippen molar-refractivity contribution in [3.63, 3.8) is 0 Å². The molecule has 2 aliphatic rings. The van der Waals surface area contributed by atoms with E-state index in [1.807, 2.05) is 18.2 Å². The topological polar surface area (TPSA) is 83.1 Å². The number of dihydropyridines is 1. The molecule has 4 rings (SSSR count). The van der Waals surface area contributed by atoms with Gasteiger partial charge in [0.1, 0.15) is 0 Å². The van der Waals surface area contributed by atoms with Crippen LogP contribution in [0.25, 0.3) is 5.70 Å². The number of ether oxygens (including phenoxy) is 4. The highest BCUT2D eigenvalue weighted by molar-refractivity contribution is 6.23. The maximum absolute atomic E-state index is 13.5. The van der Waals surface area contributed by atoms with Crippen molar-refractivity contribution in [2.45, 2.75) is 12.8 Å². The molecule has 160 valence electrons. The standard InChI is InChI=1S/C24H23NO6/c1-12-17(24(27)31-5)18(15-10-11-16(28-2)23(30-4)22(15)29-3)19-20(25-12)13-8-6-7-9-14(13)21(19)26/h6-11,18,25H,1-5H3/t18-/m0/s1. The van der Waals surface area contributed by atoms with E-state index in [4.69, 9.17) is 18.9 Å². The number of fused-ring (bicyclic) bond motifs is 2. The molecular formula is C24H23NO6. The molecule has 0 saturated heterocycles. The van der Waals surface area contributed by atoms with Gasteiger partial charge in [-0.15, -0.1) is 0 Å². The van der Waals surface area contributed by atoms with Crippen molar-refractivity contribution in [3.05, 3.63) is 69.9 Å². The molecule has 31 heavy (non-hydrogen) atoms. The molecule has 2 aromatic rings.